The fourth-order valence-corrected chi connectivity index (χ4v) is 4.77. The van der Waals surface area contributed by atoms with Gasteiger partial charge in [-0.15, -0.1) is 0 Å². The van der Waals surface area contributed by atoms with Crippen molar-refractivity contribution < 1.29 is 18.7 Å². The maximum atomic E-state index is 13.2. The van der Waals surface area contributed by atoms with Crippen LogP contribution in [0.3, 0.4) is 0 Å². The van der Waals surface area contributed by atoms with Crippen LogP contribution in [0.4, 0.5) is 10.2 Å². The second kappa shape index (κ2) is 10.1. The maximum absolute atomic E-state index is 13.2. The first-order chi connectivity index (χ1) is 16.4. The third kappa shape index (κ3) is 4.84. The normalized spacial score (nSPS) is 14.8. The number of rotatable bonds is 8. The molecule has 1 aliphatic rings. The van der Waals surface area contributed by atoms with Crippen molar-refractivity contribution in [2.45, 2.75) is 23.2 Å². The zero-order valence-electron chi connectivity index (χ0n) is 18.8. The van der Waals surface area contributed by atoms with Crippen molar-refractivity contribution in [1.29, 1.82) is 0 Å². The highest BCUT2D eigenvalue weighted by Gasteiger charge is 2.32. The Morgan fingerprint density at radius 2 is 2.00 bits per heavy atom. The van der Waals surface area contributed by atoms with Gasteiger partial charge in [-0.25, -0.2) is 4.39 Å². The van der Waals surface area contributed by atoms with Crippen LogP contribution in [0.15, 0.2) is 65.1 Å². The molecule has 1 N–H and O–H groups in total. The number of carbonyl (C=O) groups is 1. The van der Waals surface area contributed by atoms with Crippen molar-refractivity contribution in [2.24, 2.45) is 7.05 Å². The number of hydrogen-bond acceptors (Lipinski definition) is 6. The van der Waals surface area contributed by atoms with Crippen LogP contribution in [0.1, 0.15) is 29.0 Å². The van der Waals surface area contributed by atoms with E-state index in [-0.39, 0.29) is 18.1 Å². The quantitative estimate of drug-likeness (QED) is 0.294. The SMILES string of the molecule is C=CCOc1ccc([C@H]2CC(=O)Nc3c2c(=O)nc(SCc2ccc(F)cc2)n3C)cc1OC. The number of nitrogens with one attached hydrogen (secondary N) is 1. The molecule has 7 nitrogen and oxygen atoms in total. The number of thioether (sulfide) groups is 1. The molecule has 1 aromatic heterocycles. The first kappa shape index (κ1) is 23.6. The van der Waals surface area contributed by atoms with Gasteiger partial charge in [0, 0.05) is 25.1 Å². The average Bonchev–Trinajstić information content (AvgIpc) is 2.84. The van der Waals surface area contributed by atoms with E-state index >= 15 is 0 Å². The van der Waals surface area contributed by atoms with Gasteiger partial charge in [0.15, 0.2) is 16.7 Å². The molecule has 0 radical (unpaired) electrons. The van der Waals surface area contributed by atoms with Crippen LogP contribution in [0.25, 0.3) is 0 Å². The van der Waals surface area contributed by atoms with Crippen LogP contribution in [0.2, 0.25) is 0 Å². The molecule has 1 atom stereocenters. The first-order valence-corrected chi connectivity index (χ1v) is 11.6. The van der Waals surface area contributed by atoms with E-state index in [2.05, 4.69) is 16.9 Å². The number of benzene rings is 2. The van der Waals surface area contributed by atoms with Crippen molar-refractivity contribution in [3.8, 4) is 11.5 Å². The van der Waals surface area contributed by atoms with Gasteiger partial charge in [-0.3, -0.25) is 9.59 Å². The molecule has 176 valence electrons. The zero-order chi connectivity index (χ0) is 24.2. The van der Waals surface area contributed by atoms with Crippen LogP contribution in [0, 0.1) is 5.82 Å². The molecule has 3 aromatic rings. The van der Waals surface area contributed by atoms with Crippen LogP contribution < -0.4 is 20.3 Å². The maximum Gasteiger partial charge on any atom is 0.279 e. The Morgan fingerprint density at radius 1 is 1.24 bits per heavy atom. The lowest BCUT2D eigenvalue weighted by molar-refractivity contribution is -0.116. The predicted molar refractivity (Wildman–Crippen MR) is 129 cm³/mol. The molecule has 0 saturated heterocycles. The Hall–Kier alpha value is -3.59. The smallest absolute Gasteiger partial charge is 0.279 e. The van der Waals surface area contributed by atoms with E-state index in [1.54, 1.807) is 42.0 Å². The van der Waals surface area contributed by atoms with Gasteiger partial charge in [-0.05, 0) is 35.4 Å². The number of halogens is 1. The number of anilines is 1. The molecule has 0 bridgehead atoms. The topological polar surface area (TPSA) is 82.5 Å². The van der Waals surface area contributed by atoms with Gasteiger partial charge < -0.3 is 19.4 Å². The van der Waals surface area contributed by atoms with E-state index in [0.717, 1.165) is 11.1 Å². The Labute approximate surface area is 200 Å². The molecule has 1 aliphatic heterocycles. The first-order valence-electron chi connectivity index (χ1n) is 10.6. The van der Waals surface area contributed by atoms with Gasteiger partial charge in [-0.2, -0.15) is 4.98 Å². The molecule has 9 heteroatoms. The summed E-state index contributed by atoms with van der Waals surface area (Å²) in [5, 5.41) is 3.29. The molecule has 4 rings (SSSR count). The molecular weight excluding hydrogens is 457 g/mol. The zero-order valence-corrected chi connectivity index (χ0v) is 19.7. The number of aromatic nitrogens is 2. The van der Waals surface area contributed by atoms with Crippen molar-refractivity contribution in [1.82, 2.24) is 9.55 Å². The summed E-state index contributed by atoms with van der Waals surface area (Å²) < 4.78 is 26.0. The fraction of sp³-hybridized carbons (Fsp3) is 0.240. The monoisotopic (exact) mass is 481 g/mol. The largest absolute Gasteiger partial charge is 0.493 e. The summed E-state index contributed by atoms with van der Waals surface area (Å²) in [4.78, 5) is 30.0. The van der Waals surface area contributed by atoms with E-state index in [9.17, 15) is 14.0 Å². The van der Waals surface area contributed by atoms with Gasteiger partial charge in [0.1, 0.15) is 18.2 Å². The second-order valence-corrected chi connectivity index (χ2v) is 8.69. The molecule has 0 fully saturated rings. The minimum absolute atomic E-state index is 0.113. The molecule has 1 amide bonds. The lowest BCUT2D eigenvalue weighted by Crippen LogP contribution is -2.33. The molecule has 0 unspecified atom stereocenters. The highest BCUT2D eigenvalue weighted by molar-refractivity contribution is 7.98. The van der Waals surface area contributed by atoms with E-state index in [1.165, 1.54) is 31.0 Å². The molecular formula is C25H24FN3O4S. The van der Waals surface area contributed by atoms with E-state index in [0.29, 0.717) is 40.4 Å². The standard InChI is InChI=1S/C25H24FN3O4S/c1-4-11-33-19-10-7-16(12-20(19)32-3)18-13-21(30)27-23-22(18)24(31)28-25(29(23)2)34-14-15-5-8-17(26)9-6-15/h4-10,12,18H,1,11,13-14H2,2-3H3,(H,27,30)/t18-/m1/s1. The highest BCUT2D eigenvalue weighted by Crippen LogP contribution is 2.39. The van der Waals surface area contributed by atoms with Gasteiger partial charge in [-0.1, -0.05) is 42.6 Å². The fourth-order valence-electron chi connectivity index (χ4n) is 3.85. The lowest BCUT2D eigenvalue weighted by atomic mass is 9.86. The third-order valence-corrected chi connectivity index (χ3v) is 6.63. The summed E-state index contributed by atoms with van der Waals surface area (Å²) in [7, 11) is 3.29. The number of amides is 1. The van der Waals surface area contributed by atoms with Gasteiger partial charge in [0.25, 0.3) is 5.56 Å². The van der Waals surface area contributed by atoms with E-state index in [1.807, 2.05) is 6.07 Å². The number of carbonyl (C=O) groups excluding carboxylic acids is 1. The molecule has 34 heavy (non-hydrogen) atoms. The Kier molecular flexibility index (Phi) is 7.02. The average molecular weight is 482 g/mol. The number of nitrogens with zero attached hydrogens (tertiary/aromatic N) is 2. The molecule has 0 saturated carbocycles. The van der Waals surface area contributed by atoms with Crippen molar-refractivity contribution in [3.05, 3.63) is 88.0 Å². The van der Waals surface area contributed by atoms with Gasteiger partial charge >= 0.3 is 0 Å². The number of hydrogen-bond donors (Lipinski definition) is 1. The predicted octanol–water partition coefficient (Wildman–Crippen LogP) is 4.26. The van der Waals surface area contributed by atoms with Crippen molar-refractivity contribution in [3.63, 3.8) is 0 Å². The lowest BCUT2D eigenvalue weighted by Gasteiger charge is -2.28. The molecule has 2 heterocycles. The summed E-state index contributed by atoms with van der Waals surface area (Å²) in [6.07, 6.45) is 1.75. The summed E-state index contributed by atoms with van der Waals surface area (Å²) in [5.74, 6) is 0.994. The van der Waals surface area contributed by atoms with Crippen LogP contribution in [0.5, 0.6) is 11.5 Å². The van der Waals surface area contributed by atoms with E-state index < -0.39 is 11.5 Å². The van der Waals surface area contributed by atoms with E-state index in [4.69, 9.17) is 9.47 Å². The summed E-state index contributed by atoms with van der Waals surface area (Å²) in [6.45, 7) is 3.97. The summed E-state index contributed by atoms with van der Waals surface area (Å²) in [5.41, 5.74) is 1.68. The van der Waals surface area contributed by atoms with Crippen LogP contribution >= 0.6 is 11.8 Å². The Morgan fingerprint density at radius 3 is 2.71 bits per heavy atom. The molecule has 2 aromatic carbocycles. The van der Waals surface area contributed by atoms with Gasteiger partial charge in [0.2, 0.25) is 5.91 Å². The minimum Gasteiger partial charge on any atom is -0.493 e. The number of methoxy groups -OCH3 is 1. The Bertz CT molecular complexity index is 1290. The second-order valence-electron chi connectivity index (χ2n) is 7.75. The molecule has 0 spiro atoms. The van der Waals surface area contributed by atoms with Crippen molar-refractivity contribution in [2.75, 3.05) is 19.0 Å². The number of fused-ring (bicyclic) bond motifs is 1. The highest BCUT2D eigenvalue weighted by atomic mass is 32.2. The summed E-state index contributed by atoms with van der Waals surface area (Å²) >= 11 is 1.34. The number of ether oxygens (including phenoxy) is 2. The van der Waals surface area contributed by atoms with Gasteiger partial charge in [0.05, 0.1) is 12.7 Å². The van der Waals surface area contributed by atoms with Crippen molar-refractivity contribution >= 4 is 23.5 Å². The molecule has 0 aliphatic carbocycles. The summed E-state index contributed by atoms with van der Waals surface area (Å²) in [6, 6.07) is 11.5. The van der Waals surface area contributed by atoms with Crippen LogP contribution in [-0.2, 0) is 17.6 Å². The van der Waals surface area contributed by atoms with Crippen LogP contribution in [-0.4, -0.2) is 29.2 Å². The Balaban J connectivity index is 1.68. The third-order valence-electron chi connectivity index (χ3n) is 5.53. The minimum atomic E-state index is -0.478.